The van der Waals surface area contributed by atoms with Gasteiger partial charge in [-0.15, -0.1) is 0 Å². The van der Waals surface area contributed by atoms with E-state index in [0.29, 0.717) is 12.5 Å². The molecule has 0 heterocycles. The summed E-state index contributed by atoms with van der Waals surface area (Å²) in [6.45, 7) is 0.433. The van der Waals surface area contributed by atoms with Crippen molar-refractivity contribution in [2.24, 2.45) is 0 Å². The molecular formula is C11H15F2NO4S. The molecule has 0 saturated carbocycles. The number of benzene rings is 1. The van der Waals surface area contributed by atoms with Crippen molar-refractivity contribution in [3.05, 3.63) is 29.8 Å². The van der Waals surface area contributed by atoms with E-state index in [9.17, 15) is 17.2 Å². The molecule has 1 aromatic carbocycles. The molecule has 1 rings (SSSR count). The van der Waals surface area contributed by atoms with Crippen molar-refractivity contribution in [3.63, 3.8) is 0 Å². The molecule has 5 nitrogen and oxygen atoms in total. The summed E-state index contributed by atoms with van der Waals surface area (Å²) in [6.07, 6.45) is 0.386. The van der Waals surface area contributed by atoms with Crippen LogP contribution in [0.15, 0.2) is 23.1 Å². The SMILES string of the molecule is O=S(=O)(NCCCOCCO)c1cc(F)cc(F)c1. The van der Waals surface area contributed by atoms with E-state index in [-0.39, 0.29) is 26.4 Å². The number of sulfonamides is 1. The average molecular weight is 295 g/mol. The van der Waals surface area contributed by atoms with Gasteiger partial charge < -0.3 is 9.84 Å². The Morgan fingerprint density at radius 2 is 1.79 bits per heavy atom. The second kappa shape index (κ2) is 7.49. The highest BCUT2D eigenvalue weighted by molar-refractivity contribution is 7.89. The van der Waals surface area contributed by atoms with Crippen LogP contribution >= 0.6 is 0 Å². The van der Waals surface area contributed by atoms with E-state index >= 15 is 0 Å². The zero-order chi connectivity index (χ0) is 14.3. The second-order valence-corrected chi connectivity index (χ2v) is 5.46. The minimum Gasteiger partial charge on any atom is -0.394 e. The average Bonchev–Trinajstić information content (AvgIpc) is 2.32. The van der Waals surface area contributed by atoms with Crippen LogP contribution < -0.4 is 4.72 Å². The van der Waals surface area contributed by atoms with Gasteiger partial charge in [0, 0.05) is 19.2 Å². The lowest BCUT2D eigenvalue weighted by molar-refractivity contribution is 0.0913. The molecule has 0 fully saturated rings. The van der Waals surface area contributed by atoms with Gasteiger partial charge in [-0.3, -0.25) is 0 Å². The van der Waals surface area contributed by atoms with E-state index in [1.165, 1.54) is 0 Å². The first kappa shape index (κ1) is 16.0. The molecule has 0 radical (unpaired) electrons. The van der Waals surface area contributed by atoms with Crippen LogP contribution in [0.5, 0.6) is 0 Å². The number of hydrogen-bond acceptors (Lipinski definition) is 4. The van der Waals surface area contributed by atoms with Gasteiger partial charge in [-0.25, -0.2) is 21.9 Å². The fourth-order valence-electron chi connectivity index (χ4n) is 1.31. The fourth-order valence-corrected chi connectivity index (χ4v) is 2.43. The van der Waals surface area contributed by atoms with Crippen molar-refractivity contribution in [1.82, 2.24) is 4.72 Å². The lowest BCUT2D eigenvalue weighted by Crippen LogP contribution is -2.26. The number of halogens is 2. The Kier molecular flexibility index (Phi) is 6.29. The van der Waals surface area contributed by atoms with Crippen LogP contribution in [0.4, 0.5) is 8.78 Å². The van der Waals surface area contributed by atoms with Crippen LogP contribution in [0.1, 0.15) is 6.42 Å². The quantitative estimate of drug-likeness (QED) is 0.690. The van der Waals surface area contributed by atoms with Gasteiger partial charge in [-0.2, -0.15) is 0 Å². The summed E-state index contributed by atoms with van der Waals surface area (Å²) in [4.78, 5) is -0.457. The molecule has 0 saturated heterocycles. The second-order valence-electron chi connectivity index (χ2n) is 3.69. The minimum atomic E-state index is -3.93. The van der Waals surface area contributed by atoms with Crippen LogP contribution in [0.25, 0.3) is 0 Å². The third-order valence-electron chi connectivity index (χ3n) is 2.14. The summed E-state index contributed by atoms with van der Waals surface area (Å²) in [7, 11) is -3.93. The predicted molar refractivity (Wildman–Crippen MR) is 64.1 cm³/mol. The monoisotopic (exact) mass is 295 g/mol. The molecule has 1 aromatic rings. The maximum Gasteiger partial charge on any atom is 0.240 e. The smallest absolute Gasteiger partial charge is 0.240 e. The fraction of sp³-hybridized carbons (Fsp3) is 0.455. The summed E-state index contributed by atoms with van der Waals surface area (Å²) < 4.78 is 56.4. The first-order valence-corrected chi connectivity index (χ1v) is 7.08. The molecule has 0 spiro atoms. The van der Waals surface area contributed by atoms with Crippen molar-refractivity contribution < 1.29 is 27.0 Å². The maximum absolute atomic E-state index is 12.9. The summed E-state index contributed by atoms with van der Waals surface area (Å²) in [5.74, 6) is -1.90. The zero-order valence-corrected chi connectivity index (χ0v) is 10.9. The molecule has 0 bridgehead atoms. The maximum atomic E-state index is 12.9. The van der Waals surface area contributed by atoms with Gasteiger partial charge in [-0.05, 0) is 18.6 Å². The lowest BCUT2D eigenvalue weighted by atomic mass is 10.3. The van der Waals surface area contributed by atoms with Gasteiger partial charge in [0.25, 0.3) is 0 Å². The van der Waals surface area contributed by atoms with E-state index < -0.39 is 26.6 Å². The summed E-state index contributed by atoms with van der Waals surface area (Å²) in [5.41, 5.74) is 0. The van der Waals surface area contributed by atoms with E-state index in [0.717, 1.165) is 12.1 Å². The van der Waals surface area contributed by atoms with Crippen LogP contribution in [-0.2, 0) is 14.8 Å². The number of ether oxygens (including phenoxy) is 1. The number of nitrogens with one attached hydrogen (secondary N) is 1. The van der Waals surface area contributed by atoms with Gasteiger partial charge >= 0.3 is 0 Å². The summed E-state index contributed by atoms with van der Waals surface area (Å²) in [5, 5.41) is 8.45. The highest BCUT2D eigenvalue weighted by atomic mass is 32.2. The van der Waals surface area contributed by atoms with Gasteiger partial charge in [0.1, 0.15) is 11.6 Å². The third-order valence-corrected chi connectivity index (χ3v) is 3.58. The number of hydrogen-bond donors (Lipinski definition) is 2. The molecule has 0 atom stereocenters. The molecule has 8 heteroatoms. The molecule has 0 aliphatic carbocycles. The topological polar surface area (TPSA) is 75.6 Å². The molecule has 0 unspecified atom stereocenters. The first-order chi connectivity index (χ1) is 8.95. The van der Waals surface area contributed by atoms with Crippen LogP contribution in [0, 0.1) is 11.6 Å². The highest BCUT2D eigenvalue weighted by Crippen LogP contribution is 2.13. The first-order valence-electron chi connectivity index (χ1n) is 5.60. The standard InChI is InChI=1S/C11H15F2NO4S/c12-9-6-10(13)8-11(7-9)19(16,17)14-2-1-4-18-5-3-15/h6-8,14-15H,1-5H2. The van der Waals surface area contributed by atoms with Gasteiger partial charge in [0.15, 0.2) is 0 Å². The summed E-state index contributed by atoms with van der Waals surface area (Å²) in [6, 6.07) is 2.09. The van der Waals surface area contributed by atoms with Crippen molar-refractivity contribution in [2.45, 2.75) is 11.3 Å². The molecule has 0 aliphatic rings. The largest absolute Gasteiger partial charge is 0.394 e. The van der Waals surface area contributed by atoms with Crippen molar-refractivity contribution in [3.8, 4) is 0 Å². The van der Waals surface area contributed by atoms with Crippen molar-refractivity contribution in [1.29, 1.82) is 0 Å². The molecule has 0 aromatic heterocycles. The minimum absolute atomic E-state index is 0.0753. The Balaban J connectivity index is 2.51. The van der Waals surface area contributed by atoms with Gasteiger partial charge in [0.05, 0.1) is 18.1 Å². The Morgan fingerprint density at radius 3 is 2.37 bits per heavy atom. The Bertz CT molecular complexity index is 487. The van der Waals surface area contributed by atoms with Crippen molar-refractivity contribution >= 4 is 10.0 Å². The Labute approximate surface area is 110 Å². The number of rotatable bonds is 8. The molecule has 2 N–H and O–H groups in total. The van der Waals surface area contributed by atoms with Gasteiger partial charge in [0.2, 0.25) is 10.0 Å². The van der Waals surface area contributed by atoms with E-state index in [1.807, 2.05) is 0 Å². The van der Waals surface area contributed by atoms with Crippen LogP contribution in [0.2, 0.25) is 0 Å². The molecule has 0 amide bonds. The molecule has 19 heavy (non-hydrogen) atoms. The number of aliphatic hydroxyl groups excluding tert-OH is 1. The molecule has 108 valence electrons. The summed E-state index contributed by atoms with van der Waals surface area (Å²) >= 11 is 0. The van der Waals surface area contributed by atoms with Crippen LogP contribution in [0.3, 0.4) is 0 Å². The van der Waals surface area contributed by atoms with E-state index in [2.05, 4.69) is 4.72 Å². The van der Waals surface area contributed by atoms with Gasteiger partial charge in [-0.1, -0.05) is 0 Å². The van der Waals surface area contributed by atoms with Crippen LogP contribution in [-0.4, -0.2) is 39.9 Å². The Hall–Kier alpha value is -1.09. The predicted octanol–water partition coefficient (Wildman–Crippen LogP) is 0.642. The van der Waals surface area contributed by atoms with E-state index in [4.69, 9.17) is 9.84 Å². The normalized spacial score (nSPS) is 11.7. The zero-order valence-electron chi connectivity index (χ0n) is 10.1. The Morgan fingerprint density at radius 1 is 1.16 bits per heavy atom. The lowest BCUT2D eigenvalue weighted by Gasteiger charge is -2.07. The highest BCUT2D eigenvalue weighted by Gasteiger charge is 2.15. The molecular weight excluding hydrogens is 280 g/mol. The number of aliphatic hydroxyl groups is 1. The van der Waals surface area contributed by atoms with Crippen molar-refractivity contribution in [2.75, 3.05) is 26.4 Å². The van der Waals surface area contributed by atoms with E-state index in [1.54, 1.807) is 0 Å². The molecule has 0 aliphatic heterocycles. The third kappa shape index (κ3) is 5.60.